The molecule has 1 aromatic heterocycles. The van der Waals surface area contributed by atoms with Gasteiger partial charge in [-0.3, -0.25) is 9.59 Å². The first-order chi connectivity index (χ1) is 15.2. The number of nitrogens with zero attached hydrogens (tertiary/aromatic N) is 2. The number of hydrogen-bond donors (Lipinski definition) is 0. The van der Waals surface area contributed by atoms with Crippen molar-refractivity contribution in [3.63, 3.8) is 0 Å². The molecule has 0 atom stereocenters. The summed E-state index contributed by atoms with van der Waals surface area (Å²) in [7, 11) is -0.490. The molecule has 9 nitrogen and oxygen atoms in total. The molecule has 11 heteroatoms. The molecule has 0 unspecified atom stereocenters. The Hall–Kier alpha value is -3.18. The Morgan fingerprint density at radius 2 is 1.78 bits per heavy atom. The van der Waals surface area contributed by atoms with Crippen molar-refractivity contribution in [2.75, 3.05) is 27.1 Å². The molecule has 0 fully saturated rings. The lowest BCUT2D eigenvalue weighted by Crippen LogP contribution is -2.23. The summed E-state index contributed by atoms with van der Waals surface area (Å²) >= 11 is 1.14. The van der Waals surface area contributed by atoms with Crippen LogP contribution in [0.4, 0.5) is 0 Å². The summed E-state index contributed by atoms with van der Waals surface area (Å²) in [5, 5.41) is 0. The van der Waals surface area contributed by atoms with Gasteiger partial charge in [-0.25, -0.2) is 8.42 Å². The summed E-state index contributed by atoms with van der Waals surface area (Å²) in [6.07, 6.45) is 1.06. The van der Waals surface area contributed by atoms with Gasteiger partial charge in [-0.2, -0.15) is 4.99 Å². The molecule has 170 valence electrons. The standard InChI is InChI=1S/C21H22N2O7S2/c1-5-30-17(24)12-23-18-15(28-2)9-10-16(29-3)19(18)31-21(23)22-20(25)13-7-6-8-14(11-13)32(4,26)27/h6-11H,5,12H2,1-4H3. The lowest BCUT2D eigenvalue weighted by molar-refractivity contribution is -0.143. The zero-order valence-electron chi connectivity index (χ0n) is 17.9. The summed E-state index contributed by atoms with van der Waals surface area (Å²) in [4.78, 5) is 29.6. The summed E-state index contributed by atoms with van der Waals surface area (Å²) in [5.74, 6) is -0.173. The van der Waals surface area contributed by atoms with Crippen LogP contribution in [0.1, 0.15) is 17.3 Å². The van der Waals surface area contributed by atoms with E-state index in [9.17, 15) is 18.0 Å². The third-order valence-electron chi connectivity index (χ3n) is 4.49. The second-order valence-corrected chi connectivity index (χ2v) is 9.63. The maximum Gasteiger partial charge on any atom is 0.326 e. The average molecular weight is 479 g/mol. The largest absolute Gasteiger partial charge is 0.495 e. The molecule has 1 heterocycles. The number of esters is 1. The highest BCUT2D eigenvalue weighted by Crippen LogP contribution is 2.35. The molecule has 0 bridgehead atoms. The molecule has 0 N–H and O–H groups in total. The number of hydrogen-bond acceptors (Lipinski definition) is 8. The van der Waals surface area contributed by atoms with E-state index in [1.807, 2.05) is 0 Å². The van der Waals surface area contributed by atoms with Gasteiger partial charge in [0.05, 0.1) is 25.7 Å². The maximum atomic E-state index is 12.9. The van der Waals surface area contributed by atoms with Crippen LogP contribution in [0, 0.1) is 0 Å². The number of methoxy groups -OCH3 is 2. The molecule has 0 saturated heterocycles. The van der Waals surface area contributed by atoms with Gasteiger partial charge in [0.2, 0.25) is 0 Å². The number of thiazole rings is 1. The minimum Gasteiger partial charge on any atom is -0.495 e. The SMILES string of the molecule is CCOC(=O)Cn1c(=NC(=O)c2cccc(S(C)(=O)=O)c2)sc2c(OC)ccc(OC)c21. The summed E-state index contributed by atoms with van der Waals surface area (Å²) in [5.41, 5.74) is 0.633. The molecule has 0 aliphatic heterocycles. The first-order valence-electron chi connectivity index (χ1n) is 9.48. The maximum absolute atomic E-state index is 12.9. The van der Waals surface area contributed by atoms with E-state index in [1.165, 1.54) is 43.1 Å². The molecule has 2 aromatic carbocycles. The van der Waals surface area contributed by atoms with E-state index < -0.39 is 21.7 Å². The fourth-order valence-corrected chi connectivity index (χ4v) is 4.84. The Labute approximate surface area is 188 Å². The van der Waals surface area contributed by atoms with Gasteiger partial charge in [0.1, 0.15) is 28.3 Å². The van der Waals surface area contributed by atoms with Crippen molar-refractivity contribution in [3.8, 4) is 11.5 Å². The normalized spacial score (nSPS) is 12.1. The molecule has 3 aromatic rings. The zero-order valence-corrected chi connectivity index (χ0v) is 19.6. The number of amides is 1. The Bertz CT molecular complexity index is 1350. The predicted molar refractivity (Wildman–Crippen MR) is 119 cm³/mol. The van der Waals surface area contributed by atoms with Crippen LogP contribution in [0.2, 0.25) is 0 Å². The lowest BCUT2D eigenvalue weighted by Gasteiger charge is -2.10. The third-order valence-corrected chi connectivity index (χ3v) is 6.69. The molecule has 0 aliphatic carbocycles. The molecule has 3 rings (SSSR count). The van der Waals surface area contributed by atoms with Crippen LogP contribution in [-0.2, 0) is 25.9 Å². The van der Waals surface area contributed by atoms with Crippen LogP contribution >= 0.6 is 11.3 Å². The van der Waals surface area contributed by atoms with Gasteiger partial charge in [0.25, 0.3) is 5.91 Å². The van der Waals surface area contributed by atoms with E-state index in [4.69, 9.17) is 14.2 Å². The molecule has 0 spiro atoms. The van der Waals surface area contributed by atoms with Gasteiger partial charge in [-0.15, -0.1) is 0 Å². The summed E-state index contributed by atoms with van der Waals surface area (Å²) < 4.78 is 41.8. The molecule has 0 radical (unpaired) electrons. The highest BCUT2D eigenvalue weighted by Gasteiger charge is 2.19. The van der Waals surface area contributed by atoms with E-state index in [0.29, 0.717) is 21.7 Å². The first kappa shape index (κ1) is 23.5. The van der Waals surface area contributed by atoms with Crippen molar-refractivity contribution >= 4 is 43.3 Å². The predicted octanol–water partition coefficient (Wildman–Crippen LogP) is 2.43. The molecular formula is C21H22N2O7S2. The Balaban J connectivity index is 2.23. The van der Waals surface area contributed by atoms with Crippen molar-refractivity contribution in [1.82, 2.24) is 4.57 Å². The Morgan fingerprint density at radius 1 is 1.09 bits per heavy atom. The van der Waals surface area contributed by atoms with Gasteiger partial charge < -0.3 is 18.8 Å². The van der Waals surface area contributed by atoms with Gasteiger partial charge in [-0.1, -0.05) is 17.4 Å². The third kappa shape index (κ3) is 4.83. The molecule has 0 aliphatic rings. The van der Waals surface area contributed by atoms with Crippen molar-refractivity contribution in [2.45, 2.75) is 18.4 Å². The van der Waals surface area contributed by atoms with Gasteiger partial charge in [-0.05, 0) is 37.3 Å². The van der Waals surface area contributed by atoms with Crippen molar-refractivity contribution in [2.24, 2.45) is 4.99 Å². The minimum atomic E-state index is -3.49. The van der Waals surface area contributed by atoms with Gasteiger partial charge in [0.15, 0.2) is 14.6 Å². The van der Waals surface area contributed by atoms with Crippen molar-refractivity contribution < 1.29 is 32.2 Å². The van der Waals surface area contributed by atoms with Gasteiger partial charge in [0, 0.05) is 11.8 Å². The summed E-state index contributed by atoms with van der Waals surface area (Å²) in [6, 6.07) is 9.03. The smallest absolute Gasteiger partial charge is 0.326 e. The Morgan fingerprint density at radius 3 is 2.41 bits per heavy atom. The molecule has 1 amide bonds. The fourth-order valence-electron chi connectivity index (χ4n) is 3.03. The number of carbonyl (C=O) groups excluding carboxylic acids is 2. The van der Waals surface area contributed by atoms with Crippen molar-refractivity contribution in [1.29, 1.82) is 0 Å². The monoisotopic (exact) mass is 478 g/mol. The van der Waals surface area contributed by atoms with E-state index in [2.05, 4.69) is 4.99 Å². The van der Waals surface area contributed by atoms with Crippen LogP contribution in [-0.4, -0.2) is 51.9 Å². The molecule has 0 saturated carbocycles. The number of ether oxygens (including phenoxy) is 3. The topological polar surface area (TPSA) is 113 Å². The fraction of sp³-hybridized carbons (Fsp3) is 0.286. The highest BCUT2D eigenvalue weighted by atomic mass is 32.2. The highest BCUT2D eigenvalue weighted by molar-refractivity contribution is 7.90. The number of fused-ring (bicyclic) bond motifs is 1. The first-order valence-corrected chi connectivity index (χ1v) is 12.2. The second-order valence-electron chi connectivity index (χ2n) is 6.64. The lowest BCUT2D eigenvalue weighted by atomic mass is 10.2. The Kier molecular flexibility index (Phi) is 6.99. The molecule has 32 heavy (non-hydrogen) atoms. The van der Waals surface area contributed by atoms with E-state index >= 15 is 0 Å². The van der Waals surface area contributed by atoms with E-state index in [-0.39, 0.29) is 28.4 Å². The number of rotatable bonds is 7. The molecular weight excluding hydrogens is 456 g/mol. The van der Waals surface area contributed by atoms with E-state index in [1.54, 1.807) is 19.1 Å². The van der Waals surface area contributed by atoms with Crippen LogP contribution < -0.4 is 14.3 Å². The van der Waals surface area contributed by atoms with Crippen LogP contribution in [0.3, 0.4) is 0 Å². The van der Waals surface area contributed by atoms with Crippen LogP contribution in [0.15, 0.2) is 46.3 Å². The quantitative estimate of drug-likeness (QED) is 0.479. The number of carbonyl (C=O) groups is 2. The number of benzene rings is 2. The number of aromatic nitrogens is 1. The van der Waals surface area contributed by atoms with Crippen molar-refractivity contribution in [3.05, 3.63) is 46.8 Å². The number of sulfone groups is 1. The zero-order chi connectivity index (χ0) is 23.5. The van der Waals surface area contributed by atoms with Crippen LogP contribution in [0.5, 0.6) is 11.5 Å². The second kappa shape index (κ2) is 9.53. The minimum absolute atomic E-state index is 0.0117. The van der Waals surface area contributed by atoms with Gasteiger partial charge >= 0.3 is 5.97 Å². The average Bonchev–Trinajstić information content (AvgIpc) is 3.10. The summed E-state index contributed by atoms with van der Waals surface area (Å²) in [6.45, 7) is 1.69. The van der Waals surface area contributed by atoms with Crippen LogP contribution in [0.25, 0.3) is 10.2 Å². The van der Waals surface area contributed by atoms with E-state index in [0.717, 1.165) is 17.6 Å².